The Hall–Kier alpha value is -0.171. The Morgan fingerprint density at radius 2 is 1.44 bits per heavy atom. The van der Waals surface area contributed by atoms with Crippen LogP contribution in [0.1, 0.15) is 0 Å². The van der Waals surface area contributed by atoms with E-state index in [9.17, 15) is 0 Å². The second kappa shape index (κ2) is 5.96. The second-order valence-electron chi connectivity index (χ2n) is 1.34. The van der Waals surface area contributed by atoms with Gasteiger partial charge in [-0.15, -0.1) is 12.4 Å². The average Bonchev–Trinajstić information content (AvgIpc) is 1.69. The molecule has 3 heteroatoms. The van der Waals surface area contributed by atoms with E-state index in [2.05, 4.69) is 0 Å². The molecule has 1 aromatic carbocycles. The van der Waals surface area contributed by atoms with Gasteiger partial charge in [0.1, 0.15) is 5.75 Å². The van der Waals surface area contributed by atoms with Gasteiger partial charge in [0.15, 0.2) is 0 Å². The molecule has 1 aromatic rings. The summed E-state index contributed by atoms with van der Waals surface area (Å²) >= 11 is 0. The number of halogens is 1. The second-order valence-corrected chi connectivity index (χ2v) is 1.34. The van der Waals surface area contributed by atoms with Crippen molar-refractivity contribution in [3.8, 4) is 5.75 Å². The van der Waals surface area contributed by atoms with Crippen molar-refractivity contribution in [2.24, 2.45) is 0 Å². The summed E-state index contributed by atoms with van der Waals surface area (Å²) in [6.07, 6.45) is 0. The molecule has 0 fully saturated rings. The topological polar surface area (TPSA) is 20.2 Å². The maximum Gasteiger partial charge on any atom is 0.115 e. The van der Waals surface area contributed by atoms with Gasteiger partial charge in [0.05, 0.1) is 0 Å². The SMILES string of the molecule is Cl.Oc1ccccc1.[Fe]. The van der Waals surface area contributed by atoms with Gasteiger partial charge in [-0.05, 0) is 12.1 Å². The molecule has 0 spiro atoms. The van der Waals surface area contributed by atoms with Gasteiger partial charge >= 0.3 is 0 Å². The van der Waals surface area contributed by atoms with Gasteiger partial charge in [0.2, 0.25) is 0 Å². The molecule has 52 valence electrons. The summed E-state index contributed by atoms with van der Waals surface area (Å²) in [4.78, 5) is 0. The van der Waals surface area contributed by atoms with Crippen LogP contribution >= 0.6 is 12.4 Å². The molecule has 0 unspecified atom stereocenters. The molecule has 0 aliphatic carbocycles. The Kier molecular flexibility index (Phi) is 7.68. The molecule has 0 aliphatic rings. The maximum atomic E-state index is 8.63. The Balaban J connectivity index is 0. The third kappa shape index (κ3) is 4.34. The third-order valence-corrected chi connectivity index (χ3v) is 0.756. The van der Waals surface area contributed by atoms with Gasteiger partial charge in [-0.1, -0.05) is 18.2 Å². The number of phenolic OH excluding ortho intramolecular Hbond substituents is 1. The first-order chi connectivity index (χ1) is 3.39. The minimum atomic E-state index is 0. The normalized spacial score (nSPS) is 6.67. The van der Waals surface area contributed by atoms with Crippen LogP contribution in [0.2, 0.25) is 0 Å². The zero-order valence-electron chi connectivity index (χ0n) is 4.60. The Bertz CT molecular complexity index is 143. The first-order valence-corrected chi connectivity index (χ1v) is 2.13. The molecule has 0 saturated carbocycles. The van der Waals surface area contributed by atoms with E-state index in [1.807, 2.05) is 6.07 Å². The smallest absolute Gasteiger partial charge is 0.115 e. The largest absolute Gasteiger partial charge is 0.508 e. The summed E-state index contributed by atoms with van der Waals surface area (Å²) in [7, 11) is 0. The Morgan fingerprint density at radius 3 is 1.67 bits per heavy atom. The molecule has 0 amide bonds. The molecule has 0 atom stereocenters. The summed E-state index contributed by atoms with van der Waals surface area (Å²) in [6, 6.07) is 8.71. The Morgan fingerprint density at radius 1 is 1.00 bits per heavy atom. The van der Waals surface area contributed by atoms with Crippen LogP contribution < -0.4 is 0 Å². The minimum absolute atomic E-state index is 0. The number of hydrogen-bond acceptors (Lipinski definition) is 1. The van der Waals surface area contributed by atoms with Gasteiger partial charge < -0.3 is 5.11 Å². The van der Waals surface area contributed by atoms with Gasteiger partial charge in [-0.25, -0.2) is 0 Å². The fourth-order valence-corrected chi connectivity index (χ4v) is 0.428. The zero-order chi connectivity index (χ0) is 5.11. The summed E-state index contributed by atoms with van der Waals surface area (Å²) in [6.45, 7) is 0. The Labute approximate surface area is 71.0 Å². The van der Waals surface area contributed by atoms with E-state index in [0.717, 1.165) is 0 Å². The monoisotopic (exact) mass is 186 g/mol. The predicted octanol–water partition coefficient (Wildman–Crippen LogP) is 1.81. The quantitative estimate of drug-likeness (QED) is 0.613. The molecule has 0 heterocycles. The molecule has 1 rings (SSSR count). The summed E-state index contributed by atoms with van der Waals surface area (Å²) < 4.78 is 0. The standard InChI is InChI=1S/C6H6O.ClH.Fe/c7-6-4-2-1-3-5-6;;/h1-5,7H;1H;. The van der Waals surface area contributed by atoms with Crippen LogP contribution in [0.15, 0.2) is 30.3 Å². The minimum Gasteiger partial charge on any atom is -0.508 e. The van der Waals surface area contributed by atoms with Gasteiger partial charge in [0.25, 0.3) is 0 Å². The molecule has 1 N–H and O–H groups in total. The van der Waals surface area contributed by atoms with E-state index >= 15 is 0 Å². The van der Waals surface area contributed by atoms with E-state index in [0.29, 0.717) is 5.75 Å². The number of hydrogen-bond donors (Lipinski definition) is 1. The molecular weight excluding hydrogens is 179 g/mol. The molecule has 0 radical (unpaired) electrons. The van der Waals surface area contributed by atoms with Gasteiger partial charge in [-0.3, -0.25) is 0 Å². The molecular formula is C6H7ClFeO. The number of aromatic hydroxyl groups is 1. The summed E-state index contributed by atoms with van der Waals surface area (Å²) in [5, 5.41) is 8.63. The van der Waals surface area contributed by atoms with E-state index in [-0.39, 0.29) is 29.5 Å². The van der Waals surface area contributed by atoms with Crippen LogP contribution in [0.4, 0.5) is 0 Å². The van der Waals surface area contributed by atoms with Gasteiger partial charge in [-0.2, -0.15) is 0 Å². The van der Waals surface area contributed by atoms with Crippen LogP contribution in [0.5, 0.6) is 5.75 Å². The van der Waals surface area contributed by atoms with Crippen molar-refractivity contribution < 1.29 is 22.2 Å². The van der Waals surface area contributed by atoms with Crippen molar-refractivity contribution in [1.82, 2.24) is 0 Å². The number of benzene rings is 1. The van der Waals surface area contributed by atoms with Crippen molar-refractivity contribution in [1.29, 1.82) is 0 Å². The van der Waals surface area contributed by atoms with Crippen LogP contribution in [-0.2, 0) is 17.1 Å². The van der Waals surface area contributed by atoms with Crippen molar-refractivity contribution in [3.63, 3.8) is 0 Å². The fraction of sp³-hybridized carbons (Fsp3) is 0. The molecule has 0 saturated heterocycles. The van der Waals surface area contributed by atoms with Crippen molar-refractivity contribution in [2.75, 3.05) is 0 Å². The van der Waals surface area contributed by atoms with Crippen LogP contribution in [-0.4, -0.2) is 5.11 Å². The van der Waals surface area contributed by atoms with Crippen LogP contribution in [0, 0.1) is 0 Å². The van der Waals surface area contributed by atoms with Crippen molar-refractivity contribution in [2.45, 2.75) is 0 Å². The van der Waals surface area contributed by atoms with E-state index < -0.39 is 0 Å². The molecule has 0 bridgehead atoms. The number of phenols is 1. The maximum absolute atomic E-state index is 8.63. The zero-order valence-corrected chi connectivity index (χ0v) is 6.52. The molecule has 0 aromatic heterocycles. The summed E-state index contributed by atoms with van der Waals surface area (Å²) in [5.74, 6) is 0.322. The summed E-state index contributed by atoms with van der Waals surface area (Å²) in [5.41, 5.74) is 0. The fourth-order valence-electron chi connectivity index (χ4n) is 0.428. The van der Waals surface area contributed by atoms with Crippen molar-refractivity contribution in [3.05, 3.63) is 30.3 Å². The van der Waals surface area contributed by atoms with Crippen molar-refractivity contribution >= 4 is 12.4 Å². The van der Waals surface area contributed by atoms with Crippen LogP contribution in [0.25, 0.3) is 0 Å². The first-order valence-electron chi connectivity index (χ1n) is 2.13. The van der Waals surface area contributed by atoms with Gasteiger partial charge in [0, 0.05) is 17.1 Å². The molecule has 1 nitrogen and oxygen atoms in total. The first kappa shape index (κ1) is 11.6. The molecule has 9 heavy (non-hydrogen) atoms. The van der Waals surface area contributed by atoms with E-state index in [1.165, 1.54) is 0 Å². The van der Waals surface area contributed by atoms with E-state index in [1.54, 1.807) is 24.3 Å². The predicted molar refractivity (Wildman–Crippen MR) is 35.4 cm³/mol. The number of para-hydroxylation sites is 1. The third-order valence-electron chi connectivity index (χ3n) is 0.756. The molecule has 0 aliphatic heterocycles. The number of rotatable bonds is 0. The van der Waals surface area contributed by atoms with E-state index in [4.69, 9.17) is 5.11 Å². The van der Waals surface area contributed by atoms with Crippen LogP contribution in [0.3, 0.4) is 0 Å². The average molecular weight is 186 g/mol.